The average molecular weight is 582 g/mol. The molecule has 3 heterocycles. The van der Waals surface area contributed by atoms with Gasteiger partial charge in [-0.25, -0.2) is 8.93 Å². The van der Waals surface area contributed by atoms with E-state index in [0.29, 0.717) is 24.2 Å². The highest BCUT2D eigenvalue weighted by Crippen LogP contribution is 2.42. The molecule has 38 heavy (non-hydrogen) atoms. The van der Waals surface area contributed by atoms with Crippen LogP contribution in [-0.2, 0) is 16.6 Å². The van der Waals surface area contributed by atoms with Crippen LogP contribution in [0.3, 0.4) is 0 Å². The number of aliphatic hydroxyl groups is 1. The lowest BCUT2D eigenvalue weighted by Crippen LogP contribution is -2.39. The molecule has 0 saturated carbocycles. The maximum atomic E-state index is 13.5. The zero-order valence-corrected chi connectivity index (χ0v) is 23.5. The van der Waals surface area contributed by atoms with Gasteiger partial charge in [0.15, 0.2) is 5.60 Å². The third kappa shape index (κ3) is 5.79. The topological polar surface area (TPSA) is 75.1 Å². The van der Waals surface area contributed by atoms with Gasteiger partial charge in [-0.05, 0) is 74.5 Å². The number of hydrogen-bond acceptors (Lipinski definition) is 5. The Hall–Kier alpha value is -2.37. The second-order valence-corrected chi connectivity index (χ2v) is 13.6. The van der Waals surface area contributed by atoms with Gasteiger partial charge >= 0.3 is 6.18 Å². The minimum absolute atomic E-state index is 0.215. The van der Waals surface area contributed by atoms with E-state index < -0.39 is 27.5 Å². The Balaban J connectivity index is 1.80. The normalized spacial score (nSPS) is 15.8. The summed E-state index contributed by atoms with van der Waals surface area (Å²) in [6.45, 7) is 6.72. The Morgan fingerprint density at radius 2 is 1.74 bits per heavy atom. The zero-order valence-electron chi connectivity index (χ0n) is 21.1. The van der Waals surface area contributed by atoms with Crippen LogP contribution < -0.4 is 4.72 Å². The Labute approximate surface area is 230 Å². The van der Waals surface area contributed by atoms with Crippen molar-refractivity contribution in [3.05, 3.63) is 82.0 Å². The van der Waals surface area contributed by atoms with E-state index in [9.17, 15) is 22.5 Å². The minimum Gasteiger partial charge on any atom is -0.376 e. The van der Waals surface area contributed by atoms with Gasteiger partial charge in [0.05, 0.1) is 26.1 Å². The second kappa shape index (κ2) is 10.7. The SMILES string of the molecule is CC(C)(C)S(=O)NCC(c1cc2ccnc(-c3cc(C(C)(O)C(F)(F)F)ccn3)c2s1)c1ccccc1Cl. The molecule has 0 bridgehead atoms. The number of nitrogens with zero attached hydrogens (tertiary/aromatic N) is 2. The minimum atomic E-state index is -4.86. The summed E-state index contributed by atoms with van der Waals surface area (Å²) in [5.41, 5.74) is -1.89. The lowest BCUT2D eigenvalue weighted by molar-refractivity contribution is -0.258. The van der Waals surface area contributed by atoms with Crippen LogP contribution in [0.1, 0.15) is 49.6 Å². The molecule has 0 fully saturated rings. The van der Waals surface area contributed by atoms with Gasteiger partial charge < -0.3 is 5.11 Å². The number of rotatable bonds is 7. The van der Waals surface area contributed by atoms with E-state index >= 15 is 0 Å². The summed E-state index contributed by atoms with van der Waals surface area (Å²) in [4.78, 5) is 9.60. The molecular weight excluding hydrogens is 555 g/mol. The Morgan fingerprint density at radius 1 is 1.05 bits per heavy atom. The number of benzene rings is 1. The van der Waals surface area contributed by atoms with Gasteiger partial charge in [-0.1, -0.05) is 29.8 Å². The van der Waals surface area contributed by atoms with E-state index in [1.54, 1.807) is 12.3 Å². The number of hydrogen-bond donors (Lipinski definition) is 2. The summed E-state index contributed by atoms with van der Waals surface area (Å²) in [5.74, 6) is -0.245. The van der Waals surface area contributed by atoms with Crippen molar-refractivity contribution >= 4 is 44.0 Å². The largest absolute Gasteiger partial charge is 0.421 e. The predicted molar refractivity (Wildman–Crippen MR) is 148 cm³/mol. The van der Waals surface area contributed by atoms with Crippen LogP contribution in [-0.4, -0.2) is 36.8 Å². The number of alkyl halides is 3. The van der Waals surface area contributed by atoms with E-state index in [-0.39, 0.29) is 17.2 Å². The lowest BCUT2D eigenvalue weighted by atomic mass is 9.95. The molecule has 4 aromatic rings. The molecule has 0 aliphatic heterocycles. The predicted octanol–water partition coefficient (Wildman–Crippen LogP) is 6.97. The average Bonchev–Trinajstić information content (AvgIpc) is 3.28. The van der Waals surface area contributed by atoms with Gasteiger partial charge in [-0.3, -0.25) is 9.97 Å². The third-order valence-electron chi connectivity index (χ3n) is 6.17. The van der Waals surface area contributed by atoms with Crippen LogP contribution in [0, 0.1) is 0 Å². The molecule has 202 valence electrons. The molecule has 5 nitrogen and oxygen atoms in total. The first-order valence-corrected chi connectivity index (χ1v) is 14.1. The number of thiophene rings is 1. The van der Waals surface area contributed by atoms with Crippen LogP contribution >= 0.6 is 22.9 Å². The fraction of sp³-hybridized carbons (Fsp3) is 0.333. The molecule has 0 saturated heterocycles. The first-order chi connectivity index (χ1) is 17.7. The van der Waals surface area contributed by atoms with Gasteiger partial charge in [0, 0.05) is 34.8 Å². The van der Waals surface area contributed by atoms with Crippen LogP contribution in [0.5, 0.6) is 0 Å². The summed E-state index contributed by atoms with van der Waals surface area (Å²) >= 11 is 7.98. The van der Waals surface area contributed by atoms with E-state index in [2.05, 4.69) is 14.7 Å². The van der Waals surface area contributed by atoms with Gasteiger partial charge in [0.2, 0.25) is 0 Å². The van der Waals surface area contributed by atoms with Gasteiger partial charge in [-0.2, -0.15) is 13.2 Å². The van der Waals surface area contributed by atoms with Crippen molar-refractivity contribution < 1.29 is 22.5 Å². The Kier molecular flexibility index (Phi) is 8.03. The van der Waals surface area contributed by atoms with Gasteiger partial charge in [0.1, 0.15) is 5.69 Å². The van der Waals surface area contributed by atoms with Crippen molar-refractivity contribution in [2.24, 2.45) is 0 Å². The molecule has 2 N–H and O–H groups in total. The molecule has 3 aromatic heterocycles. The summed E-state index contributed by atoms with van der Waals surface area (Å²) < 4.78 is 56.6. The van der Waals surface area contributed by atoms with E-state index in [0.717, 1.165) is 26.6 Å². The molecule has 0 radical (unpaired) electrons. The van der Waals surface area contributed by atoms with Gasteiger partial charge in [0.25, 0.3) is 0 Å². The van der Waals surface area contributed by atoms with Crippen molar-refractivity contribution in [1.82, 2.24) is 14.7 Å². The Morgan fingerprint density at radius 3 is 2.39 bits per heavy atom. The second-order valence-electron chi connectivity index (χ2n) is 10.0. The fourth-order valence-electron chi connectivity index (χ4n) is 3.86. The standard InChI is InChI=1S/C27H27ClF3N3O2S2/c1-25(2,3)38(36)34-15-19(18-7-5-6-8-20(18)28)22-13-16-9-11-33-23(24(16)37-22)21-14-17(10-12-32-21)26(4,35)27(29,30)31/h5-14,19,34-35H,15H2,1-4H3. The monoisotopic (exact) mass is 581 g/mol. The lowest BCUT2D eigenvalue weighted by Gasteiger charge is -2.26. The zero-order chi connectivity index (χ0) is 27.9. The van der Waals surface area contributed by atoms with Crippen LogP contribution in [0.4, 0.5) is 13.2 Å². The smallest absolute Gasteiger partial charge is 0.376 e. The molecule has 4 rings (SSSR count). The summed E-state index contributed by atoms with van der Waals surface area (Å²) in [7, 11) is -1.31. The van der Waals surface area contributed by atoms with Crippen molar-refractivity contribution in [2.45, 2.75) is 50.1 Å². The first kappa shape index (κ1) is 28.6. The summed E-state index contributed by atoms with van der Waals surface area (Å²) in [6, 6.07) is 13.6. The maximum absolute atomic E-state index is 13.5. The van der Waals surface area contributed by atoms with Crippen LogP contribution in [0.15, 0.2) is 60.9 Å². The van der Waals surface area contributed by atoms with E-state index in [1.165, 1.54) is 23.6 Å². The van der Waals surface area contributed by atoms with E-state index in [1.807, 2.05) is 51.1 Å². The summed E-state index contributed by atoms with van der Waals surface area (Å²) in [6.07, 6.45) is -2.05. The molecule has 0 amide bonds. The number of aromatic nitrogens is 2. The van der Waals surface area contributed by atoms with E-state index in [4.69, 9.17) is 11.6 Å². The molecular formula is C27H27ClF3N3O2S2. The summed E-state index contributed by atoms with van der Waals surface area (Å²) in [5, 5.41) is 11.6. The molecule has 1 aromatic carbocycles. The van der Waals surface area contributed by atoms with Crippen molar-refractivity contribution in [3.8, 4) is 11.4 Å². The third-order valence-corrected chi connectivity index (χ3v) is 9.32. The number of fused-ring (bicyclic) bond motifs is 1. The van der Waals surface area contributed by atoms with Crippen LogP contribution in [0.2, 0.25) is 5.02 Å². The highest BCUT2D eigenvalue weighted by molar-refractivity contribution is 7.84. The van der Waals surface area contributed by atoms with Crippen molar-refractivity contribution in [3.63, 3.8) is 0 Å². The van der Waals surface area contributed by atoms with Gasteiger partial charge in [-0.15, -0.1) is 11.3 Å². The number of halogens is 4. The first-order valence-electron chi connectivity index (χ1n) is 11.7. The highest BCUT2D eigenvalue weighted by Gasteiger charge is 2.51. The molecule has 3 atom stereocenters. The molecule has 0 spiro atoms. The number of pyridine rings is 2. The molecule has 11 heteroatoms. The molecule has 0 aliphatic carbocycles. The quantitative estimate of drug-likeness (QED) is 0.247. The highest BCUT2D eigenvalue weighted by atomic mass is 35.5. The fourth-order valence-corrected chi connectivity index (χ4v) is 6.15. The Bertz CT molecular complexity index is 1480. The number of nitrogens with one attached hydrogen (secondary N) is 1. The van der Waals surface area contributed by atoms with Crippen molar-refractivity contribution in [1.29, 1.82) is 0 Å². The van der Waals surface area contributed by atoms with Crippen molar-refractivity contribution in [2.75, 3.05) is 6.54 Å². The van der Waals surface area contributed by atoms with Crippen LogP contribution in [0.25, 0.3) is 21.5 Å². The maximum Gasteiger partial charge on any atom is 0.421 e. The molecule has 0 aliphatic rings. The molecule has 3 unspecified atom stereocenters.